The van der Waals surface area contributed by atoms with Gasteiger partial charge in [-0.3, -0.25) is 14.4 Å². The highest BCUT2D eigenvalue weighted by atomic mass is 16.6. The van der Waals surface area contributed by atoms with E-state index in [-0.39, 0.29) is 37.0 Å². The Morgan fingerprint density at radius 3 is 2.57 bits per heavy atom. The van der Waals surface area contributed by atoms with Gasteiger partial charge in [-0.25, -0.2) is 0 Å². The first-order chi connectivity index (χ1) is 16.6. The van der Waals surface area contributed by atoms with Gasteiger partial charge in [0.1, 0.15) is 24.2 Å². The SMILES string of the molecule is C=CCOC(=O)[C@@H]1[C@H]2C(=O)N([C@@H](CC)CO)C(C(=O)N(CC=C)C(C)CCC)C23CC(C)[C@@]1(C)O3. The number of fused-ring (bicyclic) bond motifs is 1. The van der Waals surface area contributed by atoms with Gasteiger partial charge in [0.05, 0.1) is 24.2 Å². The van der Waals surface area contributed by atoms with Crippen LogP contribution in [0, 0.1) is 17.8 Å². The molecule has 3 aliphatic heterocycles. The summed E-state index contributed by atoms with van der Waals surface area (Å²) in [5, 5.41) is 10.2. The van der Waals surface area contributed by atoms with Gasteiger partial charge in [0, 0.05) is 12.6 Å². The third-order valence-corrected chi connectivity index (χ3v) is 8.51. The van der Waals surface area contributed by atoms with E-state index in [2.05, 4.69) is 20.1 Å². The highest BCUT2D eigenvalue weighted by molar-refractivity contribution is 5.99. The van der Waals surface area contributed by atoms with Crippen molar-refractivity contribution >= 4 is 17.8 Å². The topological polar surface area (TPSA) is 96.4 Å². The Kier molecular flexibility index (Phi) is 8.16. The first-order valence-electron chi connectivity index (χ1n) is 12.9. The van der Waals surface area contributed by atoms with Crippen molar-refractivity contribution in [3.8, 4) is 0 Å². The smallest absolute Gasteiger partial charge is 0.313 e. The van der Waals surface area contributed by atoms with Crippen molar-refractivity contribution in [3.05, 3.63) is 25.3 Å². The van der Waals surface area contributed by atoms with E-state index < -0.39 is 41.1 Å². The predicted molar refractivity (Wildman–Crippen MR) is 132 cm³/mol. The molecule has 1 spiro atoms. The van der Waals surface area contributed by atoms with E-state index in [0.29, 0.717) is 19.4 Å². The normalized spacial score (nSPS) is 34.9. The Balaban J connectivity index is 2.15. The van der Waals surface area contributed by atoms with Crippen LogP contribution < -0.4 is 0 Å². The Morgan fingerprint density at radius 1 is 1.34 bits per heavy atom. The maximum Gasteiger partial charge on any atom is 0.313 e. The van der Waals surface area contributed by atoms with Gasteiger partial charge in [-0.05, 0) is 39.0 Å². The quantitative estimate of drug-likeness (QED) is 0.334. The summed E-state index contributed by atoms with van der Waals surface area (Å²) in [6, 6.07) is -1.55. The molecular formula is C27H42N2O6. The fourth-order valence-corrected chi connectivity index (χ4v) is 6.71. The van der Waals surface area contributed by atoms with Gasteiger partial charge < -0.3 is 24.4 Å². The molecule has 0 aromatic rings. The summed E-state index contributed by atoms with van der Waals surface area (Å²) >= 11 is 0. The Hall–Kier alpha value is -2.19. The molecule has 3 aliphatic rings. The van der Waals surface area contributed by atoms with E-state index in [1.807, 2.05) is 27.7 Å². The number of likely N-dealkylation sites (tertiary alicyclic amines) is 1. The van der Waals surface area contributed by atoms with Crippen molar-refractivity contribution in [1.29, 1.82) is 0 Å². The summed E-state index contributed by atoms with van der Waals surface area (Å²) in [6.07, 6.45) is 5.84. The lowest BCUT2D eigenvalue weighted by Gasteiger charge is -2.41. The molecule has 8 atom stereocenters. The van der Waals surface area contributed by atoms with Crippen molar-refractivity contribution in [2.45, 2.75) is 89.6 Å². The van der Waals surface area contributed by atoms with Crippen LogP contribution in [0.4, 0.5) is 0 Å². The molecule has 0 aliphatic carbocycles. The molecule has 3 heterocycles. The number of hydrogen-bond donors (Lipinski definition) is 1. The highest BCUT2D eigenvalue weighted by Crippen LogP contribution is 2.65. The minimum absolute atomic E-state index is 0.0373. The molecule has 0 saturated carbocycles. The van der Waals surface area contributed by atoms with Gasteiger partial charge in [0.2, 0.25) is 11.8 Å². The molecule has 2 amide bonds. The fraction of sp³-hybridized carbons (Fsp3) is 0.741. The Labute approximate surface area is 209 Å². The minimum atomic E-state index is -1.16. The molecule has 8 heteroatoms. The maximum absolute atomic E-state index is 14.3. The Morgan fingerprint density at radius 2 is 2.03 bits per heavy atom. The van der Waals surface area contributed by atoms with Gasteiger partial charge in [0.15, 0.2) is 0 Å². The molecule has 0 radical (unpaired) electrons. The molecule has 196 valence electrons. The molecule has 0 aromatic heterocycles. The zero-order valence-corrected chi connectivity index (χ0v) is 21.9. The summed E-state index contributed by atoms with van der Waals surface area (Å²) in [7, 11) is 0. The van der Waals surface area contributed by atoms with Gasteiger partial charge in [-0.2, -0.15) is 0 Å². The van der Waals surface area contributed by atoms with Crippen LogP contribution in [0.15, 0.2) is 25.3 Å². The van der Waals surface area contributed by atoms with E-state index in [1.54, 1.807) is 11.0 Å². The number of esters is 1. The number of rotatable bonds is 12. The molecular weight excluding hydrogens is 448 g/mol. The molecule has 1 N–H and O–H groups in total. The molecule has 2 bridgehead atoms. The van der Waals surface area contributed by atoms with E-state index in [0.717, 1.165) is 12.8 Å². The number of amides is 2. The standard InChI is InChI=1S/C27H42N2O6/c1-8-12-18(6)28(13-9-2)24(32)22-27-15-17(5)26(7,35-27)21(25(33)34-14-10-3)20(27)23(31)29(22)19(11-4)16-30/h9-10,17-22,30H,2-3,8,11-16H2,1,4-7H3/t17?,18?,19-,20-,21-,22?,26+,27?/m0/s1. The monoisotopic (exact) mass is 490 g/mol. The van der Waals surface area contributed by atoms with Crippen LogP contribution in [0.2, 0.25) is 0 Å². The van der Waals surface area contributed by atoms with Crippen LogP contribution in [0.5, 0.6) is 0 Å². The van der Waals surface area contributed by atoms with Crippen LogP contribution in [-0.4, -0.2) is 81.8 Å². The van der Waals surface area contributed by atoms with Crippen molar-refractivity contribution in [3.63, 3.8) is 0 Å². The van der Waals surface area contributed by atoms with Crippen molar-refractivity contribution in [2.24, 2.45) is 17.8 Å². The Bertz CT molecular complexity index is 857. The predicted octanol–water partition coefficient (Wildman–Crippen LogP) is 2.70. The molecule has 0 aromatic carbocycles. The maximum atomic E-state index is 14.3. The molecule has 3 rings (SSSR count). The van der Waals surface area contributed by atoms with E-state index in [9.17, 15) is 19.5 Å². The van der Waals surface area contributed by atoms with Crippen LogP contribution in [0.1, 0.15) is 60.3 Å². The second-order valence-corrected chi connectivity index (χ2v) is 10.5. The average Bonchev–Trinajstić information content (AvgIpc) is 3.33. The largest absolute Gasteiger partial charge is 0.461 e. The lowest BCUT2D eigenvalue weighted by molar-refractivity contribution is -0.163. The second-order valence-electron chi connectivity index (χ2n) is 10.5. The number of ether oxygens (including phenoxy) is 2. The van der Waals surface area contributed by atoms with Gasteiger partial charge >= 0.3 is 5.97 Å². The summed E-state index contributed by atoms with van der Waals surface area (Å²) < 4.78 is 12.1. The minimum Gasteiger partial charge on any atom is -0.461 e. The van der Waals surface area contributed by atoms with Gasteiger partial charge in [0.25, 0.3) is 0 Å². The van der Waals surface area contributed by atoms with Gasteiger partial charge in [-0.1, -0.05) is 45.9 Å². The lowest BCUT2D eigenvalue weighted by atomic mass is 9.62. The first kappa shape index (κ1) is 27.4. The number of aliphatic hydroxyl groups excluding tert-OH is 1. The molecule has 4 unspecified atom stereocenters. The summed E-state index contributed by atoms with van der Waals surface area (Å²) in [5.41, 5.74) is -2.09. The fourth-order valence-electron chi connectivity index (χ4n) is 6.71. The molecule has 3 fully saturated rings. The second kappa shape index (κ2) is 10.4. The van der Waals surface area contributed by atoms with Crippen LogP contribution in [0.25, 0.3) is 0 Å². The number of carbonyl (C=O) groups excluding carboxylic acids is 3. The summed E-state index contributed by atoms with van der Waals surface area (Å²) in [6.45, 7) is 17.3. The highest BCUT2D eigenvalue weighted by Gasteiger charge is 2.80. The van der Waals surface area contributed by atoms with Crippen LogP contribution in [-0.2, 0) is 23.9 Å². The zero-order chi connectivity index (χ0) is 26.1. The number of nitrogens with zero attached hydrogens (tertiary/aromatic N) is 2. The van der Waals surface area contributed by atoms with Crippen LogP contribution >= 0.6 is 0 Å². The molecule has 8 nitrogen and oxygen atoms in total. The lowest BCUT2D eigenvalue weighted by Crippen LogP contribution is -2.60. The van der Waals surface area contributed by atoms with Gasteiger partial charge in [-0.15, -0.1) is 6.58 Å². The van der Waals surface area contributed by atoms with Crippen molar-refractivity contribution in [1.82, 2.24) is 9.80 Å². The summed E-state index contributed by atoms with van der Waals surface area (Å²) in [5.74, 6) is -2.80. The zero-order valence-electron chi connectivity index (χ0n) is 21.9. The molecule has 3 saturated heterocycles. The summed E-state index contributed by atoms with van der Waals surface area (Å²) in [4.78, 5) is 45.0. The van der Waals surface area contributed by atoms with Crippen LogP contribution in [0.3, 0.4) is 0 Å². The first-order valence-corrected chi connectivity index (χ1v) is 12.9. The van der Waals surface area contributed by atoms with E-state index in [4.69, 9.17) is 9.47 Å². The van der Waals surface area contributed by atoms with E-state index >= 15 is 0 Å². The molecule has 35 heavy (non-hydrogen) atoms. The number of aliphatic hydroxyl groups is 1. The van der Waals surface area contributed by atoms with Crippen molar-refractivity contribution < 1.29 is 29.0 Å². The number of carbonyl (C=O) groups is 3. The third kappa shape index (κ3) is 4.12. The third-order valence-electron chi connectivity index (χ3n) is 8.51. The van der Waals surface area contributed by atoms with Crippen molar-refractivity contribution in [2.75, 3.05) is 19.8 Å². The van der Waals surface area contributed by atoms with E-state index in [1.165, 1.54) is 11.0 Å². The number of hydrogen-bond acceptors (Lipinski definition) is 6. The average molecular weight is 491 g/mol.